The summed E-state index contributed by atoms with van der Waals surface area (Å²) >= 11 is 2.17. The zero-order valence-corrected chi connectivity index (χ0v) is 12.9. The van der Waals surface area contributed by atoms with E-state index in [1.165, 1.54) is 0 Å². The fraction of sp³-hybridized carbons (Fsp3) is 0.385. The predicted octanol–water partition coefficient (Wildman–Crippen LogP) is 2.58. The average Bonchev–Trinajstić information content (AvgIpc) is 2.29. The average molecular weight is 360 g/mol. The van der Waals surface area contributed by atoms with Crippen LogP contribution in [0.4, 0.5) is 0 Å². The van der Waals surface area contributed by atoms with E-state index in [0.717, 1.165) is 3.57 Å². The number of hydrogen-bond acceptors (Lipinski definition) is 4. The van der Waals surface area contributed by atoms with Crippen molar-refractivity contribution in [3.8, 4) is 0 Å². The van der Waals surface area contributed by atoms with E-state index in [4.69, 9.17) is 10.5 Å². The van der Waals surface area contributed by atoms with Crippen molar-refractivity contribution >= 4 is 34.1 Å². The largest absolute Gasteiger partial charge is 0.462 e. The fourth-order valence-corrected chi connectivity index (χ4v) is 1.86. The normalized spacial score (nSPS) is 12.3. The van der Waals surface area contributed by atoms with Crippen molar-refractivity contribution in [3.05, 3.63) is 33.3 Å². The van der Waals surface area contributed by atoms with E-state index in [0.29, 0.717) is 23.6 Å². The zero-order valence-electron chi connectivity index (χ0n) is 10.7. The molecular formula is C13H17IN2O2. The highest BCUT2D eigenvalue weighted by atomic mass is 127. The van der Waals surface area contributed by atoms with Gasteiger partial charge in [-0.15, -0.1) is 0 Å². The molecule has 0 aliphatic heterocycles. The quantitative estimate of drug-likeness (QED) is 0.509. The van der Waals surface area contributed by atoms with Gasteiger partial charge in [-0.1, -0.05) is 13.8 Å². The first-order chi connectivity index (χ1) is 8.47. The molecule has 1 aromatic heterocycles. The molecule has 98 valence electrons. The Morgan fingerprint density at radius 2 is 2.22 bits per heavy atom. The Morgan fingerprint density at radius 3 is 2.72 bits per heavy atom. The van der Waals surface area contributed by atoms with E-state index in [1.54, 1.807) is 13.1 Å². The Balaban J connectivity index is 3.30. The third-order valence-corrected chi connectivity index (χ3v) is 3.04. The summed E-state index contributed by atoms with van der Waals surface area (Å²) in [5.41, 5.74) is 7.44. The lowest BCUT2D eigenvalue weighted by Crippen LogP contribution is -2.17. The van der Waals surface area contributed by atoms with E-state index in [1.807, 2.05) is 26.0 Å². The molecule has 0 aliphatic rings. The Kier molecular flexibility index (Phi) is 5.58. The summed E-state index contributed by atoms with van der Waals surface area (Å²) in [6.07, 6.45) is 1.66. The first-order valence-corrected chi connectivity index (χ1v) is 6.83. The molecule has 0 bridgehead atoms. The van der Waals surface area contributed by atoms with Crippen molar-refractivity contribution in [2.75, 3.05) is 6.61 Å². The number of rotatable bonds is 4. The Bertz CT molecular complexity index is 470. The highest BCUT2D eigenvalue weighted by Gasteiger charge is 2.20. The van der Waals surface area contributed by atoms with Crippen LogP contribution in [0.1, 0.15) is 26.5 Å². The molecule has 0 unspecified atom stereocenters. The lowest BCUT2D eigenvalue weighted by atomic mass is 10.0. The molecule has 0 saturated carbocycles. The van der Waals surface area contributed by atoms with E-state index in [9.17, 15) is 4.79 Å². The molecule has 0 spiro atoms. The van der Waals surface area contributed by atoms with Gasteiger partial charge in [0.15, 0.2) is 0 Å². The maximum absolute atomic E-state index is 12.0. The number of aromatic nitrogens is 1. The smallest absolute Gasteiger partial charge is 0.342 e. The van der Waals surface area contributed by atoms with Crippen LogP contribution >= 0.6 is 22.6 Å². The highest BCUT2D eigenvalue weighted by molar-refractivity contribution is 14.1. The molecule has 18 heavy (non-hydrogen) atoms. The summed E-state index contributed by atoms with van der Waals surface area (Å²) in [5.74, 6) is -0.359. The summed E-state index contributed by atoms with van der Waals surface area (Å²) in [5, 5.41) is 0. The van der Waals surface area contributed by atoms with Crippen molar-refractivity contribution in [2.24, 2.45) is 11.7 Å². The van der Waals surface area contributed by atoms with Crippen LogP contribution in [0.5, 0.6) is 0 Å². The molecule has 0 radical (unpaired) electrons. The van der Waals surface area contributed by atoms with Gasteiger partial charge in [-0.05, 0) is 47.6 Å². The van der Waals surface area contributed by atoms with E-state index >= 15 is 0 Å². The van der Waals surface area contributed by atoms with Crippen molar-refractivity contribution in [1.82, 2.24) is 4.98 Å². The second-order valence-corrected chi connectivity index (χ2v) is 5.31. The van der Waals surface area contributed by atoms with Crippen LogP contribution in [0, 0.1) is 9.49 Å². The zero-order chi connectivity index (χ0) is 13.7. The monoisotopic (exact) mass is 360 g/mol. The molecule has 0 aromatic carbocycles. The first kappa shape index (κ1) is 14.9. The van der Waals surface area contributed by atoms with Gasteiger partial charge in [-0.3, -0.25) is 4.98 Å². The molecule has 4 nitrogen and oxygen atoms in total. The van der Waals surface area contributed by atoms with Crippen LogP contribution in [0.2, 0.25) is 0 Å². The van der Waals surface area contributed by atoms with Gasteiger partial charge >= 0.3 is 5.97 Å². The highest BCUT2D eigenvalue weighted by Crippen LogP contribution is 2.22. The summed E-state index contributed by atoms with van der Waals surface area (Å²) in [4.78, 5) is 16.2. The van der Waals surface area contributed by atoms with Crippen LogP contribution < -0.4 is 5.73 Å². The molecule has 0 fully saturated rings. The van der Waals surface area contributed by atoms with Crippen LogP contribution in [0.15, 0.2) is 24.0 Å². The van der Waals surface area contributed by atoms with Gasteiger partial charge in [0.1, 0.15) is 5.57 Å². The second kappa shape index (κ2) is 6.72. The van der Waals surface area contributed by atoms with E-state index in [2.05, 4.69) is 27.6 Å². The summed E-state index contributed by atoms with van der Waals surface area (Å²) in [6.45, 7) is 5.95. The minimum atomic E-state index is -0.418. The van der Waals surface area contributed by atoms with Gasteiger partial charge in [0.25, 0.3) is 0 Å². The molecule has 0 saturated heterocycles. The second-order valence-electron chi connectivity index (χ2n) is 4.06. The minimum Gasteiger partial charge on any atom is -0.462 e. The number of nitrogens with two attached hydrogens (primary N) is 1. The third kappa shape index (κ3) is 3.69. The van der Waals surface area contributed by atoms with Crippen LogP contribution in [0.25, 0.3) is 5.57 Å². The van der Waals surface area contributed by atoms with E-state index < -0.39 is 5.97 Å². The Labute approximate surface area is 121 Å². The van der Waals surface area contributed by atoms with Gasteiger partial charge in [0.2, 0.25) is 0 Å². The summed E-state index contributed by atoms with van der Waals surface area (Å²) < 4.78 is 6.05. The van der Waals surface area contributed by atoms with E-state index in [-0.39, 0.29) is 5.92 Å². The number of carbonyl (C=O) groups is 1. The Hall–Kier alpha value is -1.11. The summed E-state index contributed by atoms with van der Waals surface area (Å²) in [6, 6.07) is 3.68. The number of nitrogens with zero attached hydrogens (tertiary/aromatic N) is 1. The van der Waals surface area contributed by atoms with Crippen molar-refractivity contribution in [3.63, 3.8) is 0 Å². The predicted molar refractivity (Wildman–Crippen MR) is 79.5 cm³/mol. The molecule has 1 rings (SSSR count). The number of halogens is 1. The summed E-state index contributed by atoms with van der Waals surface area (Å²) in [7, 11) is 0. The maximum Gasteiger partial charge on any atom is 0.342 e. The van der Waals surface area contributed by atoms with Gasteiger partial charge in [-0.25, -0.2) is 4.79 Å². The van der Waals surface area contributed by atoms with Gasteiger partial charge < -0.3 is 10.5 Å². The minimum absolute atomic E-state index is 0.0593. The number of hydrogen-bond donors (Lipinski definition) is 1. The van der Waals surface area contributed by atoms with Gasteiger partial charge in [0, 0.05) is 15.5 Å². The topological polar surface area (TPSA) is 65.2 Å². The van der Waals surface area contributed by atoms with Crippen LogP contribution in [0.3, 0.4) is 0 Å². The molecule has 0 amide bonds. The lowest BCUT2D eigenvalue weighted by Gasteiger charge is -2.13. The number of carbonyl (C=O) groups excluding carboxylic acids is 1. The first-order valence-electron chi connectivity index (χ1n) is 5.76. The van der Waals surface area contributed by atoms with Crippen molar-refractivity contribution < 1.29 is 9.53 Å². The van der Waals surface area contributed by atoms with Gasteiger partial charge in [0.05, 0.1) is 12.3 Å². The molecule has 1 aromatic rings. The van der Waals surface area contributed by atoms with Crippen LogP contribution in [-0.2, 0) is 9.53 Å². The maximum atomic E-state index is 12.0. The molecule has 2 N–H and O–H groups in total. The molecular weight excluding hydrogens is 343 g/mol. The number of esters is 1. The van der Waals surface area contributed by atoms with Crippen LogP contribution in [-0.4, -0.2) is 17.6 Å². The molecule has 0 atom stereocenters. The Morgan fingerprint density at radius 1 is 1.56 bits per heavy atom. The lowest BCUT2D eigenvalue weighted by molar-refractivity contribution is -0.136. The number of pyridine rings is 1. The molecule has 1 heterocycles. The van der Waals surface area contributed by atoms with Crippen molar-refractivity contribution in [2.45, 2.75) is 20.8 Å². The standard InChI is InChI=1S/C13H17IN2O2/c1-4-18-13(17)11(12(15)8(2)3)10-7-9(14)5-6-16-10/h5-8H,4,15H2,1-3H3. The number of ether oxygens (including phenoxy) is 1. The fourth-order valence-electron chi connectivity index (χ4n) is 1.40. The van der Waals surface area contributed by atoms with Gasteiger partial charge in [-0.2, -0.15) is 0 Å². The third-order valence-electron chi connectivity index (χ3n) is 2.37. The van der Waals surface area contributed by atoms with Crippen molar-refractivity contribution in [1.29, 1.82) is 0 Å². The molecule has 5 heteroatoms. The number of allylic oxidation sites excluding steroid dienone is 1. The molecule has 0 aliphatic carbocycles. The SMILES string of the molecule is CCOC(=O)C(=C(N)C(C)C)c1cc(I)ccn1.